The maximum Gasteiger partial charge on any atom is 0.128 e. The van der Waals surface area contributed by atoms with Gasteiger partial charge in [0.1, 0.15) is 11.9 Å². The van der Waals surface area contributed by atoms with Crippen LogP contribution in [0.15, 0.2) is 12.3 Å². The molecule has 1 saturated heterocycles. The van der Waals surface area contributed by atoms with Crippen molar-refractivity contribution in [2.24, 2.45) is 5.92 Å². The quantitative estimate of drug-likeness (QED) is 0.805. The lowest BCUT2D eigenvalue weighted by molar-refractivity contribution is 0.238. The van der Waals surface area contributed by atoms with Gasteiger partial charge in [-0.15, -0.1) is 0 Å². The Balaban J connectivity index is 2.17. The summed E-state index contributed by atoms with van der Waals surface area (Å²) in [4.78, 5) is 6.44. The second-order valence-electron chi connectivity index (χ2n) is 4.25. The average molecular weight is 217 g/mol. The van der Waals surface area contributed by atoms with E-state index < -0.39 is 0 Å². The topological polar surface area (TPSA) is 60.1 Å². The molecule has 84 valence electrons. The number of rotatable bonds is 2. The molecule has 1 aliphatic heterocycles. The number of aromatic nitrogens is 1. The van der Waals surface area contributed by atoms with Crippen LogP contribution in [0.4, 0.5) is 5.82 Å². The fourth-order valence-corrected chi connectivity index (χ4v) is 2.02. The van der Waals surface area contributed by atoms with Crippen LogP contribution in [0.1, 0.15) is 17.5 Å². The number of anilines is 1. The van der Waals surface area contributed by atoms with Crippen LogP contribution in [0.2, 0.25) is 0 Å². The largest absolute Gasteiger partial charge is 0.396 e. The molecule has 2 rings (SSSR count). The van der Waals surface area contributed by atoms with Crippen molar-refractivity contribution in [3.05, 3.63) is 23.4 Å². The van der Waals surface area contributed by atoms with E-state index in [2.05, 4.69) is 16.0 Å². The molecule has 16 heavy (non-hydrogen) atoms. The third-order valence-corrected chi connectivity index (χ3v) is 3.08. The summed E-state index contributed by atoms with van der Waals surface area (Å²) in [6.07, 6.45) is 2.63. The molecule has 0 aliphatic carbocycles. The molecule has 1 aromatic heterocycles. The van der Waals surface area contributed by atoms with Gasteiger partial charge in [-0.2, -0.15) is 5.26 Å². The minimum absolute atomic E-state index is 0.242. The molecule has 4 heteroatoms. The number of aliphatic hydroxyl groups excluding tert-OH is 1. The molecule has 0 saturated carbocycles. The van der Waals surface area contributed by atoms with Crippen LogP contribution in [0, 0.1) is 24.2 Å². The lowest BCUT2D eigenvalue weighted by Gasteiger charge is -2.17. The number of nitrogens with zero attached hydrogens (tertiary/aromatic N) is 3. The minimum Gasteiger partial charge on any atom is -0.396 e. The maximum atomic E-state index is 9.08. The average Bonchev–Trinajstić information content (AvgIpc) is 2.77. The summed E-state index contributed by atoms with van der Waals surface area (Å²) in [5.74, 6) is 1.27. The fourth-order valence-electron chi connectivity index (χ4n) is 2.02. The summed E-state index contributed by atoms with van der Waals surface area (Å²) in [5.41, 5.74) is 1.58. The summed E-state index contributed by atoms with van der Waals surface area (Å²) in [7, 11) is 0. The van der Waals surface area contributed by atoms with Crippen molar-refractivity contribution in [2.45, 2.75) is 13.3 Å². The molecular formula is C12H15N3O. The van der Waals surface area contributed by atoms with Crippen LogP contribution in [-0.2, 0) is 0 Å². The van der Waals surface area contributed by atoms with E-state index in [1.54, 1.807) is 6.20 Å². The number of aliphatic hydroxyl groups is 1. The summed E-state index contributed by atoms with van der Waals surface area (Å²) < 4.78 is 0. The molecule has 1 unspecified atom stereocenters. The van der Waals surface area contributed by atoms with Gasteiger partial charge in [0.25, 0.3) is 0 Å². The summed E-state index contributed by atoms with van der Waals surface area (Å²) in [5, 5.41) is 17.9. The summed E-state index contributed by atoms with van der Waals surface area (Å²) in [6.45, 7) is 3.95. The van der Waals surface area contributed by atoms with Gasteiger partial charge in [-0.3, -0.25) is 0 Å². The highest BCUT2D eigenvalue weighted by Gasteiger charge is 2.22. The predicted molar refractivity (Wildman–Crippen MR) is 61.1 cm³/mol. The highest BCUT2D eigenvalue weighted by Crippen LogP contribution is 2.23. The number of hydrogen-bond donors (Lipinski definition) is 1. The van der Waals surface area contributed by atoms with Gasteiger partial charge in [0, 0.05) is 31.8 Å². The molecule has 1 aromatic rings. The zero-order valence-corrected chi connectivity index (χ0v) is 9.35. The third kappa shape index (κ3) is 2.00. The van der Waals surface area contributed by atoms with Crippen LogP contribution in [-0.4, -0.2) is 29.8 Å². The van der Waals surface area contributed by atoms with Gasteiger partial charge in [-0.25, -0.2) is 4.98 Å². The first-order valence-corrected chi connectivity index (χ1v) is 5.47. The second kappa shape index (κ2) is 4.50. The Morgan fingerprint density at radius 2 is 2.50 bits per heavy atom. The van der Waals surface area contributed by atoms with E-state index in [1.165, 1.54) is 0 Å². The van der Waals surface area contributed by atoms with Gasteiger partial charge in [-0.05, 0) is 25.0 Å². The van der Waals surface area contributed by atoms with Crippen molar-refractivity contribution in [1.82, 2.24) is 4.98 Å². The van der Waals surface area contributed by atoms with Crippen molar-refractivity contribution in [3.63, 3.8) is 0 Å². The molecular weight excluding hydrogens is 202 g/mol. The van der Waals surface area contributed by atoms with Gasteiger partial charge in [0.2, 0.25) is 0 Å². The molecule has 0 aromatic carbocycles. The predicted octanol–water partition coefficient (Wildman–Crippen LogP) is 1.08. The van der Waals surface area contributed by atoms with Crippen molar-refractivity contribution in [3.8, 4) is 6.07 Å². The van der Waals surface area contributed by atoms with Crippen LogP contribution in [0.5, 0.6) is 0 Å². The molecule has 2 heterocycles. The summed E-state index contributed by atoms with van der Waals surface area (Å²) in [6, 6.07) is 4.05. The molecule has 4 nitrogen and oxygen atoms in total. The Hall–Kier alpha value is -1.60. The lowest BCUT2D eigenvalue weighted by atomic mass is 10.1. The van der Waals surface area contributed by atoms with E-state index in [-0.39, 0.29) is 6.61 Å². The van der Waals surface area contributed by atoms with E-state index in [9.17, 15) is 0 Å². The van der Waals surface area contributed by atoms with Gasteiger partial charge in [-0.1, -0.05) is 0 Å². The smallest absolute Gasteiger partial charge is 0.128 e. The van der Waals surface area contributed by atoms with E-state index in [1.807, 2.05) is 13.0 Å². The standard InChI is InChI=1S/C12H15N3O/c1-9-4-12(14-6-11(9)5-13)15-3-2-10(7-15)8-16/h4,6,10,16H,2-3,7-8H2,1H3. The number of hydrogen-bond acceptors (Lipinski definition) is 4. The molecule has 1 atom stereocenters. The monoisotopic (exact) mass is 217 g/mol. The number of aryl methyl sites for hydroxylation is 1. The molecule has 1 N–H and O–H groups in total. The third-order valence-electron chi connectivity index (χ3n) is 3.08. The van der Waals surface area contributed by atoms with Crippen LogP contribution < -0.4 is 4.90 Å². The van der Waals surface area contributed by atoms with Gasteiger partial charge in [0.15, 0.2) is 0 Å². The normalized spacial score (nSPS) is 19.8. The Kier molecular flexibility index (Phi) is 3.07. The molecule has 0 bridgehead atoms. The van der Waals surface area contributed by atoms with Crippen LogP contribution >= 0.6 is 0 Å². The van der Waals surface area contributed by atoms with Crippen molar-refractivity contribution in [2.75, 3.05) is 24.6 Å². The Bertz CT molecular complexity index is 425. The zero-order valence-electron chi connectivity index (χ0n) is 9.35. The van der Waals surface area contributed by atoms with E-state index in [0.29, 0.717) is 11.5 Å². The Labute approximate surface area is 95.1 Å². The second-order valence-corrected chi connectivity index (χ2v) is 4.25. The molecule has 1 aliphatic rings. The first kappa shape index (κ1) is 10.9. The van der Waals surface area contributed by atoms with Gasteiger partial charge >= 0.3 is 0 Å². The van der Waals surface area contributed by atoms with Crippen LogP contribution in [0.3, 0.4) is 0 Å². The van der Waals surface area contributed by atoms with Crippen molar-refractivity contribution < 1.29 is 5.11 Å². The molecule has 0 spiro atoms. The lowest BCUT2D eigenvalue weighted by Crippen LogP contribution is -2.21. The van der Waals surface area contributed by atoms with Crippen molar-refractivity contribution in [1.29, 1.82) is 5.26 Å². The molecule has 1 fully saturated rings. The SMILES string of the molecule is Cc1cc(N2CCC(CO)C2)ncc1C#N. The first-order chi connectivity index (χ1) is 7.74. The molecule has 0 radical (unpaired) electrons. The maximum absolute atomic E-state index is 9.08. The molecule has 0 amide bonds. The highest BCUT2D eigenvalue weighted by molar-refractivity contribution is 5.47. The van der Waals surface area contributed by atoms with Gasteiger partial charge < -0.3 is 10.0 Å². The highest BCUT2D eigenvalue weighted by atomic mass is 16.3. The van der Waals surface area contributed by atoms with E-state index in [0.717, 1.165) is 30.9 Å². The number of nitriles is 1. The Morgan fingerprint density at radius 1 is 1.69 bits per heavy atom. The minimum atomic E-state index is 0.242. The fraction of sp³-hybridized carbons (Fsp3) is 0.500. The van der Waals surface area contributed by atoms with Gasteiger partial charge in [0.05, 0.1) is 5.56 Å². The van der Waals surface area contributed by atoms with Crippen molar-refractivity contribution >= 4 is 5.82 Å². The zero-order chi connectivity index (χ0) is 11.5. The Morgan fingerprint density at radius 3 is 3.06 bits per heavy atom. The summed E-state index contributed by atoms with van der Waals surface area (Å²) >= 11 is 0. The van der Waals surface area contributed by atoms with E-state index in [4.69, 9.17) is 10.4 Å². The van der Waals surface area contributed by atoms with Crippen LogP contribution in [0.25, 0.3) is 0 Å². The number of pyridine rings is 1. The first-order valence-electron chi connectivity index (χ1n) is 5.47. The van der Waals surface area contributed by atoms with E-state index >= 15 is 0 Å².